The highest BCUT2D eigenvalue weighted by molar-refractivity contribution is 5.94. The molecule has 1 aliphatic heterocycles. The molecule has 156 valence electrons. The quantitative estimate of drug-likeness (QED) is 0.542. The second-order valence-electron chi connectivity index (χ2n) is 8.28. The molecule has 2 heterocycles. The summed E-state index contributed by atoms with van der Waals surface area (Å²) in [5.41, 5.74) is 3.35. The van der Waals surface area contributed by atoms with E-state index in [-0.39, 0.29) is 17.7 Å². The predicted octanol–water partition coefficient (Wildman–Crippen LogP) is 5.24. The Morgan fingerprint density at radius 1 is 1.17 bits per heavy atom. The number of ether oxygens (including phenoxy) is 1. The van der Waals surface area contributed by atoms with Crippen molar-refractivity contribution in [2.45, 2.75) is 39.7 Å². The van der Waals surface area contributed by atoms with Crippen LogP contribution in [-0.2, 0) is 4.74 Å². The maximum absolute atomic E-state index is 13.5. The monoisotopic (exact) mass is 407 g/mol. The van der Waals surface area contributed by atoms with Gasteiger partial charge in [0.05, 0.1) is 23.2 Å². The molecule has 0 N–H and O–H groups in total. The molecule has 5 nitrogen and oxygen atoms in total. The lowest BCUT2D eigenvalue weighted by atomic mass is 10.1. The zero-order chi connectivity index (χ0) is 21.3. The summed E-state index contributed by atoms with van der Waals surface area (Å²) in [6.45, 7) is 7.44. The van der Waals surface area contributed by atoms with Gasteiger partial charge in [0, 0.05) is 18.2 Å². The number of carbonyl (C=O) groups excluding carboxylic acids is 1. The van der Waals surface area contributed by atoms with Gasteiger partial charge in [-0.05, 0) is 68.1 Å². The number of carbonyl (C=O) groups is 1. The number of halogens is 1. The van der Waals surface area contributed by atoms with Crippen molar-refractivity contribution in [3.8, 4) is 11.3 Å². The van der Waals surface area contributed by atoms with Gasteiger partial charge in [0.15, 0.2) is 5.82 Å². The van der Waals surface area contributed by atoms with Crippen LogP contribution in [0.15, 0.2) is 42.5 Å². The Labute approximate surface area is 175 Å². The standard InChI is InChI=1S/C24H26FN3O2/c1-15(2)14-30-24(29)18-8-11-20-21(13-18)27-23(28-12-4-5-16(28)3)22(26-20)17-6-9-19(25)10-7-17/h6-11,13,15-16H,4-5,12,14H2,1-3H3/t16-/m0/s1. The van der Waals surface area contributed by atoms with E-state index >= 15 is 0 Å². The van der Waals surface area contributed by atoms with Gasteiger partial charge < -0.3 is 9.64 Å². The van der Waals surface area contributed by atoms with E-state index in [1.54, 1.807) is 30.3 Å². The Morgan fingerprint density at radius 2 is 1.93 bits per heavy atom. The lowest BCUT2D eigenvalue weighted by molar-refractivity contribution is 0.0459. The number of hydrogen-bond donors (Lipinski definition) is 0. The molecule has 1 fully saturated rings. The van der Waals surface area contributed by atoms with Crippen LogP contribution >= 0.6 is 0 Å². The third kappa shape index (κ3) is 4.13. The van der Waals surface area contributed by atoms with E-state index in [1.807, 2.05) is 13.8 Å². The summed E-state index contributed by atoms with van der Waals surface area (Å²) in [5, 5.41) is 0. The zero-order valence-corrected chi connectivity index (χ0v) is 17.6. The van der Waals surface area contributed by atoms with Crippen LogP contribution in [0.3, 0.4) is 0 Å². The Kier molecular flexibility index (Phi) is 5.66. The van der Waals surface area contributed by atoms with Gasteiger partial charge in [0.1, 0.15) is 11.5 Å². The normalized spacial score (nSPS) is 16.4. The Morgan fingerprint density at radius 3 is 2.60 bits per heavy atom. The lowest BCUT2D eigenvalue weighted by Gasteiger charge is -2.25. The number of rotatable bonds is 5. The SMILES string of the molecule is CC(C)COC(=O)c1ccc2nc(-c3ccc(F)cc3)c(N3CCC[C@@H]3C)nc2c1. The minimum absolute atomic E-state index is 0.274. The minimum atomic E-state index is -0.355. The molecule has 1 aliphatic rings. The van der Waals surface area contributed by atoms with Crippen LogP contribution in [0.4, 0.5) is 10.2 Å². The van der Waals surface area contributed by atoms with Gasteiger partial charge in [-0.3, -0.25) is 0 Å². The molecule has 0 saturated carbocycles. The van der Waals surface area contributed by atoms with Gasteiger partial charge in [-0.25, -0.2) is 19.2 Å². The van der Waals surface area contributed by atoms with Crippen molar-refractivity contribution in [3.05, 3.63) is 53.8 Å². The van der Waals surface area contributed by atoms with Gasteiger partial charge in [0.25, 0.3) is 0 Å². The molecule has 1 aromatic heterocycles. The predicted molar refractivity (Wildman–Crippen MR) is 116 cm³/mol. The Bertz CT molecular complexity index is 1070. The van der Waals surface area contributed by atoms with Gasteiger partial charge >= 0.3 is 5.97 Å². The lowest BCUT2D eigenvalue weighted by Crippen LogP contribution is -2.28. The topological polar surface area (TPSA) is 55.3 Å². The Hall–Kier alpha value is -3.02. The molecule has 0 spiro atoms. The summed E-state index contributed by atoms with van der Waals surface area (Å²) in [5.74, 6) is 0.404. The summed E-state index contributed by atoms with van der Waals surface area (Å²) < 4.78 is 18.8. The minimum Gasteiger partial charge on any atom is -0.462 e. The zero-order valence-electron chi connectivity index (χ0n) is 17.6. The fraction of sp³-hybridized carbons (Fsp3) is 0.375. The number of aromatic nitrogens is 2. The smallest absolute Gasteiger partial charge is 0.338 e. The second kappa shape index (κ2) is 8.38. The van der Waals surface area contributed by atoms with Crippen molar-refractivity contribution >= 4 is 22.8 Å². The Balaban J connectivity index is 1.79. The number of nitrogens with zero attached hydrogens (tertiary/aromatic N) is 3. The molecule has 1 atom stereocenters. The van der Waals surface area contributed by atoms with Crippen molar-refractivity contribution in [1.82, 2.24) is 9.97 Å². The molecule has 1 saturated heterocycles. The van der Waals surface area contributed by atoms with Crippen LogP contribution in [0.2, 0.25) is 0 Å². The highest BCUT2D eigenvalue weighted by atomic mass is 19.1. The van der Waals surface area contributed by atoms with Crippen LogP contribution in [0, 0.1) is 11.7 Å². The third-order valence-electron chi connectivity index (χ3n) is 5.37. The number of benzene rings is 2. The molecule has 0 unspecified atom stereocenters. The molecule has 0 aliphatic carbocycles. The van der Waals surface area contributed by atoms with E-state index in [1.165, 1.54) is 12.1 Å². The maximum Gasteiger partial charge on any atom is 0.338 e. The van der Waals surface area contributed by atoms with E-state index in [0.717, 1.165) is 36.5 Å². The van der Waals surface area contributed by atoms with E-state index in [4.69, 9.17) is 14.7 Å². The first-order chi connectivity index (χ1) is 14.4. The number of hydrogen-bond acceptors (Lipinski definition) is 5. The summed E-state index contributed by atoms with van der Waals surface area (Å²) >= 11 is 0. The van der Waals surface area contributed by atoms with Crippen molar-refractivity contribution in [2.24, 2.45) is 5.92 Å². The van der Waals surface area contributed by atoms with Crippen molar-refractivity contribution in [2.75, 3.05) is 18.1 Å². The number of fused-ring (bicyclic) bond motifs is 1. The van der Waals surface area contributed by atoms with E-state index in [9.17, 15) is 9.18 Å². The summed E-state index contributed by atoms with van der Waals surface area (Å²) in [4.78, 5) is 24.4. The highest BCUT2D eigenvalue weighted by Crippen LogP contribution is 2.34. The average Bonchev–Trinajstić information content (AvgIpc) is 3.17. The summed E-state index contributed by atoms with van der Waals surface area (Å²) in [6, 6.07) is 11.9. The summed E-state index contributed by atoms with van der Waals surface area (Å²) in [7, 11) is 0. The molecule has 0 bridgehead atoms. The van der Waals surface area contributed by atoms with Gasteiger partial charge in [-0.2, -0.15) is 0 Å². The van der Waals surface area contributed by atoms with Gasteiger partial charge in [-0.15, -0.1) is 0 Å². The fourth-order valence-corrected chi connectivity index (χ4v) is 3.75. The molecular formula is C24H26FN3O2. The van der Waals surface area contributed by atoms with Crippen molar-refractivity contribution < 1.29 is 13.9 Å². The molecule has 4 rings (SSSR count). The van der Waals surface area contributed by atoms with E-state index in [0.29, 0.717) is 29.2 Å². The largest absolute Gasteiger partial charge is 0.462 e. The van der Waals surface area contributed by atoms with Crippen LogP contribution in [0.5, 0.6) is 0 Å². The first-order valence-corrected chi connectivity index (χ1v) is 10.4. The number of esters is 1. The molecule has 3 aromatic rings. The van der Waals surface area contributed by atoms with Crippen molar-refractivity contribution in [3.63, 3.8) is 0 Å². The third-order valence-corrected chi connectivity index (χ3v) is 5.37. The van der Waals surface area contributed by atoms with E-state index < -0.39 is 0 Å². The molecular weight excluding hydrogens is 381 g/mol. The maximum atomic E-state index is 13.5. The summed E-state index contributed by atoms with van der Waals surface area (Å²) in [6.07, 6.45) is 2.18. The first kappa shape index (κ1) is 20.3. The van der Waals surface area contributed by atoms with Crippen LogP contribution in [0.1, 0.15) is 44.0 Å². The van der Waals surface area contributed by atoms with E-state index in [2.05, 4.69) is 11.8 Å². The first-order valence-electron chi connectivity index (χ1n) is 10.4. The second-order valence-corrected chi connectivity index (χ2v) is 8.28. The average molecular weight is 407 g/mol. The molecule has 6 heteroatoms. The highest BCUT2D eigenvalue weighted by Gasteiger charge is 2.26. The van der Waals surface area contributed by atoms with Crippen molar-refractivity contribution in [1.29, 1.82) is 0 Å². The molecule has 0 amide bonds. The molecule has 0 radical (unpaired) electrons. The fourth-order valence-electron chi connectivity index (χ4n) is 3.75. The van der Waals surface area contributed by atoms with Crippen LogP contribution in [-0.4, -0.2) is 35.1 Å². The van der Waals surface area contributed by atoms with Crippen LogP contribution in [0.25, 0.3) is 22.3 Å². The van der Waals surface area contributed by atoms with Gasteiger partial charge in [-0.1, -0.05) is 13.8 Å². The van der Waals surface area contributed by atoms with Crippen LogP contribution < -0.4 is 4.90 Å². The molecule has 30 heavy (non-hydrogen) atoms. The molecule has 2 aromatic carbocycles. The number of anilines is 1. The van der Waals surface area contributed by atoms with Gasteiger partial charge in [0.2, 0.25) is 0 Å².